The van der Waals surface area contributed by atoms with Crippen molar-refractivity contribution in [1.82, 2.24) is 0 Å². The summed E-state index contributed by atoms with van der Waals surface area (Å²) < 4.78 is 32.5. The van der Waals surface area contributed by atoms with Crippen LogP contribution in [0.25, 0.3) is 0 Å². The highest BCUT2D eigenvalue weighted by Gasteiger charge is 2.27. The summed E-state index contributed by atoms with van der Waals surface area (Å²) in [6, 6.07) is 0. The minimum absolute atomic E-state index is 0.198. The monoisotopic (exact) mass is 737 g/mol. The number of phosphoric ester groups is 1. The van der Waals surface area contributed by atoms with Crippen molar-refractivity contribution in [1.29, 1.82) is 0 Å². The molecule has 0 fully saturated rings. The molecule has 0 aromatic carbocycles. The summed E-state index contributed by atoms with van der Waals surface area (Å²) in [4.78, 5) is 34.4. The van der Waals surface area contributed by atoms with Crippen molar-refractivity contribution >= 4 is 19.8 Å². The highest BCUT2D eigenvalue weighted by Crippen LogP contribution is 2.43. The van der Waals surface area contributed by atoms with Gasteiger partial charge in [0.25, 0.3) is 0 Å². The molecule has 0 aliphatic rings. The molecule has 0 saturated heterocycles. The predicted octanol–water partition coefficient (Wildman–Crippen LogP) is 10.3. The fourth-order valence-electron chi connectivity index (χ4n) is 5.88. The van der Waals surface area contributed by atoms with E-state index < -0.39 is 58.4 Å². The Morgan fingerprint density at radius 2 is 0.700 bits per heavy atom. The number of ether oxygens (including phenoxy) is 2. The van der Waals surface area contributed by atoms with Crippen molar-refractivity contribution < 1.29 is 47.8 Å². The molecule has 0 aliphatic heterocycles. The van der Waals surface area contributed by atoms with E-state index in [1.807, 2.05) is 0 Å². The first kappa shape index (κ1) is 49.0. The summed E-state index contributed by atoms with van der Waals surface area (Å²) in [6.45, 7) is 2.22. The summed E-state index contributed by atoms with van der Waals surface area (Å²) in [6.07, 6.45) is 30.8. The van der Waals surface area contributed by atoms with Crippen LogP contribution in [-0.4, -0.2) is 65.7 Å². The van der Waals surface area contributed by atoms with Crippen molar-refractivity contribution in [2.24, 2.45) is 0 Å². The molecule has 0 saturated carbocycles. The van der Waals surface area contributed by atoms with Crippen LogP contribution in [0.1, 0.15) is 200 Å². The molecule has 3 unspecified atom stereocenters. The van der Waals surface area contributed by atoms with Crippen LogP contribution in [0.4, 0.5) is 0 Å². The summed E-state index contributed by atoms with van der Waals surface area (Å²) in [5.41, 5.74) is 0. The molecule has 0 aromatic heterocycles. The Labute approximate surface area is 305 Å². The second-order valence-corrected chi connectivity index (χ2v) is 15.4. The molecule has 0 spiro atoms. The molecule has 0 bridgehead atoms. The largest absolute Gasteiger partial charge is 0.472 e. The maximum Gasteiger partial charge on any atom is 0.472 e. The number of carbonyl (C=O) groups is 2. The number of hydrogen-bond acceptors (Lipinski definition) is 9. The molecule has 0 amide bonds. The van der Waals surface area contributed by atoms with E-state index in [9.17, 15) is 29.3 Å². The molecule has 10 nitrogen and oxygen atoms in total. The second kappa shape index (κ2) is 36.3. The average Bonchev–Trinajstić information content (AvgIpc) is 3.10. The lowest BCUT2D eigenvalue weighted by molar-refractivity contribution is -0.153. The number of carbonyl (C=O) groups excluding carboxylic acids is 2. The van der Waals surface area contributed by atoms with Crippen LogP contribution in [0, 0.1) is 0 Å². The molecule has 50 heavy (non-hydrogen) atoms. The summed E-state index contributed by atoms with van der Waals surface area (Å²) >= 11 is 0. The van der Waals surface area contributed by atoms with Gasteiger partial charge in [0.2, 0.25) is 0 Å². The molecule has 0 heterocycles. The van der Waals surface area contributed by atoms with Gasteiger partial charge in [0, 0.05) is 12.8 Å². The van der Waals surface area contributed by atoms with Crippen LogP contribution in [-0.2, 0) is 32.7 Å². The van der Waals surface area contributed by atoms with Crippen molar-refractivity contribution in [2.45, 2.75) is 212 Å². The highest BCUT2D eigenvalue weighted by atomic mass is 31.2. The van der Waals surface area contributed by atoms with E-state index in [2.05, 4.69) is 13.8 Å². The number of phosphoric acid groups is 1. The van der Waals surface area contributed by atoms with Gasteiger partial charge in [-0.25, -0.2) is 4.57 Å². The molecule has 298 valence electrons. The normalized spacial score (nSPS) is 13.9. The number of aliphatic hydroxyl groups excluding tert-OH is 2. The Morgan fingerprint density at radius 3 is 0.940 bits per heavy atom. The molecule has 3 atom stereocenters. The number of aliphatic hydroxyl groups is 2. The van der Waals surface area contributed by atoms with E-state index in [1.165, 1.54) is 122 Å². The zero-order valence-corrected chi connectivity index (χ0v) is 33.0. The topological polar surface area (TPSA) is 149 Å². The Hall–Kier alpha value is -1.03. The molecule has 11 heteroatoms. The lowest BCUT2D eigenvalue weighted by Crippen LogP contribution is -2.28. The molecule has 3 N–H and O–H groups in total. The lowest BCUT2D eigenvalue weighted by atomic mass is 10.0. The predicted molar refractivity (Wildman–Crippen MR) is 201 cm³/mol. The summed E-state index contributed by atoms with van der Waals surface area (Å²) in [5.74, 6) is -1.01. The van der Waals surface area contributed by atoms with E-state index in [1.54, 1.807) is 0 Å². The quantitative estimate of drug-likeness (QED) is 0.0316. The van der Waals surface area contributed by atoms with Gasteiger partial charge in [-0.05, 0) is 12.8 Å². The van der Waals surface area contributed by atoms with Crippen LogP contribution in [0.2, 0.25) is 0 Å². The van der Waals surface area contributed by atoms with Crippen LogP contribution >= 0.6 is 7.82 Å². The number of hydrogen-bond donors (Lipinski definition) is 3. The van der Waals surface area contributed by atoms with Crippen molar-refractivity contribution in [3.63, 3.8) is 0 Å². The minimum Gasteiger partial charge on any atom is -0.457 e. The zero-order chi connectivity index (χ0) is 37.0. The first-order chi connectivity index (χ1) is 24.3. The van der Waals surface area contributed by atoms with Gasteiger partial charge < -0.3 is 24.6 Å². The number of esters is 2. The van der Waals surface area contributed by atoms with Crippen LogP contribution in [0.15, 0.2) is 0 Å². The van der Waals surface area contributed by atoms with Crippen molar-refractivity contribution in [3.8, 4) is 0 Å². The third kappa shape index (κ3) is 34.1. The zero-order valence-electron chi connectivity index (χ0n) is 32.1. The molecule has 0 aromatic rings. The van der Waals surface area contributed by atoms with Gasteiger partial charge in [-0.1, -0.05) is 174 Å². The molecule has 0 radical (unpaired) electrons. The Balaban J connectivity index is 3.91. The van der Waals surface area contributed by atoms with Gasteiger partial charge >= 0.3 is 19.8 Å². The van der Waals surface area contributed by atoms with E-state index in [4.69, 9.17) is 18.5 Å². The molecule has 0 aliphatic carbocycles. The van der Waals surface area contributed by atoms with Crippen molar-refractivity contribution in [2.75, 3.05) is 26.4 Å². The average molecular weight is 737 g/mol. The van der Waals surface area contributed by atoms with Gasteiger partial charge in [-0.15, -0.1) is 0 Å². The first-order valence-electron chi connectivity index (χ1n) is 20.5. The van der Waals surface area contributed by atoms with Crippen molar-refractivity contribution in [3.05, 3.63) is 0 Å². The van der Waals surface area contributed by atoms with Gasteiger partial charge in [0.1, 0.15) is 12.2 Å². The lowest BCUT2D eigenvalue weighted by Gasteiger charge is -2.20. The molecular formula is C39H77O10P. The standard InChI is InChI=1S/C39H77O10P/c1-3-5-7-9-11-13-15-16-17-18-19-21-23-25-27-29-31-39(43)49-37(33-41)35-47-50(44,45)46-34-36(32-40)48-38(42)30-28-26-24-22-20-14-12-10-8-6-4-2/h36-37,40-41H,3-35H2,1-2H3,(H,44,45). The van der Waals surface area contributed by atoms with Crippen LogP contribution < -0.4 is 0 Å². The van der Waals surface area contributed by atoms with Crippen LogP contribution in [0.3, 0.4) is 0 Å². The third-order valence-electron chi connectivity index (χ3n) is 9.07. The van der Waals surface area contributed by atoms with Crippen LogP contribution in [0.5, 0.6) is 0 Å². The summed E-state index contributed by atoms with van der Waals surface area (Å²) in [5, 5.41) is 19.1. The minimum atomic E-state index is -4.62. The smallest absolute Gasteiger partial charge is 0.457 e. The first-order valence-corrected chi connectivity index (χ1v) is 22.0. The van der Waals surface area contributed by atoms with E-state index in [0.29, 0.717) is 12.8 Å². The summed E-state index contributed by atoms with van der Waals surface area (Å²) in [7, 11) is -4.62. The number of rotatable bonds is 39. The Bertz CT molecular complexity index is 812. The second-order valence-electron chi connectivity index (χ2n) is 14.0. The van der Waals surface area contributed by atoms with Gasteiger partial charge in [-0.3, -0.25) is 18.6 Å². The fourth-order valence-corrected chi connectivity index (χ4v) is 6.66. The SMILES string of the molecule is CCCCCCCCCCCCCCCCCCC(=O)OC(CO)COP(=O)(O)OCC(CO)OC(=O)CCCCCCCCCCCCC. The number of unbranched alkanes of at least 4 members (excludes halogenated alkanes) is 25. The Morgan fingerprint density at radius 1 is 0.460 bits per heavy atom. The van der Waals surface area contributed by atoms with E-state index >= 15 is 0 Å². The Kier molecular flexibility index (Phi) is 35.6. The molecule has 0 rings (SSSR count). The van der Waals surface area contributed by atoms with Gasteiger partial charge in [0.15, 0.2) is 0 Å². The highest BCUT2D eigenvalue weighted by molar-refractivity contribution is 7.47. The third-order valence-corrected chi connectivity index (χ3v) is 10.0. The maximum absolute atomic E-state index is 12.3. The fraction of sp³-hybridized carbons (Fsp3) is 0.949. The van der Waals surface area contributed by atoms with Gasteiger partial charge in [-0.2, -0.15) is 0 Å². The van der Waals surface area contributed by atoms with E-state index in [-0.39, 0.29) is 12.8 Å². The van der Waals surface area contributed by atoms with Gasteiger partial charge in [0.05, 0.1) is 26.4 Å². The maximum atomic E-state index is 12.3. The van der Waals surface area contributed by atoms with E-state index in [0.717, 1.165) is 38.5 Å². The molecular weight excluding hydrogens is 659 g/mol.